The number of hydrogen-bond donors (Lipinski definition) is 1. The molecular weight excluding hydrogens is 467 g/mol. The number of sulfone groups is 1. The Hall–Kier alpha value is -1.39. The minimum absolute atomic E-state index is 0.0869. The van der Waals surface area contributed by atoms with Gasteiger partial charge in [-0.15, -0.1) is 0 Å². The Balaban J connectivity index is 1.71. The lowest BCUT2D eigenvalue weighted by atomic mass is 10.2. The van der Waals surface area contributed by atoms with Crippen LogP contribution in [0.4, 0.5) is 5.69 Å². The number of nitrogens with zero attached hydrogens (tertiary/aromatic N) is 1. The topological polar surface area (TPSA) is 79.6 Å². The number of carbonyl (C=O) groups is 1. The van der Waals surface area contributed by atoms with E-state index in [1.54, 1.807) is 12.3 Å². The molecule has 1 saturated heterocycles. The maximum absolute atomic E-state index is 12.6. The molecule has 1 aliphatic heterocycles. The third-order valence-electron chi connectivity index (χ3n) is 4.47. The minimum Gasteiger partial charge on any atom is -0.468 e. The molecule has 8 heteroatoms. The minimum atomic E-state index is -3.03. The van der Waals surface area contributed by atoms with Gasteiger partial charge in [0.25, 0.3) is 0 Å². The maximum atomic E-state index is 12.6. The summed E-state index contributed by atoms with van der Waals surface area (Å²) in [5.74, 6) is 0.811. The Morgan fingerprint density at radius 2 is 2.19 bits per heavy atom. The summed E-state index contributed by atoms with van der Waals surface area (Å²) < 4.78 is 30.2. The average Bonchev–Trinajstić information content (AvgIpc) is 3.19. The van der Waals surface area contributed by atoms with Crippen molar-refractivity contribution in [3.8, 4) is 0 Å². The SMILES string of the molecule is Cc1cc(I)ccc1NC(=O)CN(Cc1ccco1)[C@H]1CCS(=O)(=O)C1. The number of nitrogens with one attached hydrogen (secondary N) is 1. The molecule has 2 heterocycles. The maximum Gasteiger partial charge on any atom is 0.238 e. The fraction of sp³-hybridized carbons (Fsp3) is 0.389. The Morgan fingerprint density at radius 1 is 1.38 bits per heavy atom. The molecule has 1 aromatic carbocycles. The van der Waals surface area contributed by atoms with Crippen molar-refractivity contribution in [2.75, 3.05) is 23.4 Å². The largest absolute Gasteiger partial charge is 0.468 e. The molecule has 1 amide bonds. The van der Waals surface area contributed by atoms with E-state index in [4.69, 9.17) is 4.42 Å². The van der Waals surface area contributed by atoms with Gasteiger partial charge in [0, 0.05) is 15.3 Å². The number of benzene rings is 1. The number of carbonyl (C=O) groups excluding carboxylic acids is 1. The second-order valence-corrected chi connectivity index (χ2v) is 10.0. The van der Waals surface area contributed by atoms with E-state index >= 15 is 0 Å². The number of halogens is 1. The highest BCUT2D eigenvalue weighted by atomic mass is 127. The van der Waals surface area contributed by atoms with E-state index in [2.05, 4.69) is 27.9 Å². The van der Waals surface area contributed by atoms with Crippen LogP contribution in [0.15, 0.2) is 41.0 Å². The number of hydrogen-bond acceptors (Lipinski definition) is 5. The van der Waals surface area contributed by atoms with Crippen LogP contribution in [0, 0.1) is 10.5 Å². The van der Waals surface area contributed by atoms with Gasteiger partial charge in [-0.2, -0.15) is 0 Å². The third kappa shape index (κ3) is 5.08. The third-order valence-corrected chi connectivity index (χ3v) is 6.89. The summed E-state index contributed by atoms with van der Waals surface area (Å²) in [5.41, 5.74) is 1.76. The highest BCUT2D eigenvalue weighted by molar-refractivity contribution is 14.1. The van der Waals surface area contributed by atoms with Crippen LogP contribution in [0.25, 0.3) is 0 Å². The summed E-state index contributed by atoms with van der Waals surface area (Å²) in [6.45, 7) is 2.47. The summed E-state index contributed by atoms with van der Waals surface area (Å²) in [5, 5.41) is 2.93. The van der Waals surface area contributed by atoms with Crippen molar-refractivity contribution in [2.45, 2.75) is 25.9 Å². The molecule has 1 atom stereocenters. The van der Waals surface area contributed by atoms with Gasteiger partial charge >= 0.3 is 0 Å². The molecule has 140 valence electrons. The van der Waals surface area contributed by atoms with Gasteiger partial charge < -0.3 is 9.73 Å². The van der Waals surface area contributed by atoms with Crippen LogP contribution in [0.3, 0.4) is 0 Å². The van der Waals surface area contributed by atoms with Crippen LogP contribution in [0.5, 0.6) is 0 Å². The quantitative estimate of drug-likeness (QED) is 0.633. The zero-order valence-electron chi connectivity index (χ0n) is 14.4. The normalized spacial score (nSPS) is 19.0. The van der Waals surface area contributed by atoms with E-state index in [0.29, 0.717) is 18.7 Å². The summed E-state index contributed by atoms with van der Waals surface area (Å²) in [4.78, 5) is 14.5. The lowest BCUT2D eigenvalue weighted by molar-refractivity contribution is -0.118. The fourth-order valence-corrected chi connectivity index (χ4v) is 5.53. The van der Waals surface area contributed by atoms with Gasteiger partial charge in [-0.05, 0) is 71.8 Å². The zero-order valence-corrected chi connectivity index (χ0v) is 17.4. The number of anilines is 1. The summed E-state index contributed by atoms with van der Waals surface area (Å²) in [7, 11) is -3.03. The van der Waals surface area contributed by atoms with Crippen molar-refractivity contribution in [1.29, 1.82) is 0 Å². The molecule has 1 aliphatic rings. The van der Waals surface area contributed by atoms with Gasteiger partial charge in [0.2, 0.25) is 5.91 Å². The number of aryl methyl sites for hydroxylation is 1. The van der Waals surface area contributed by atoms with E-state index in [9.17, 15) is 13.2 Å². The predicted molar refractivity (Wildman–Crippen MR) is 109 cm³/mol. The first-order valence-electron chi connectivity index (χ1n) is 8.35. The van der Waals surface area contributed by atoms with Gasteiger partial charge in [0.05, 0.1) is 30.9 Å². The zero-order chi connectivity index (χ0) is 18.7. The molecule has 26 heavy (non-hydrogen) atoms. The second-order valence-electron chi connectivity index (χ2n) is 6.55. The van der Waals surface area contributed by atoms with Crippen LogP contribution in [-0.2, 0) is 21.2 Å². The van der Waals surface area contributed by atoms with Crippen LogP contribution >= 0.6 is 22.6 Å². The number of amides is 1. The lowest BCUT2D eigenvalue weighted by Gasteiger charge is -2.26. The predicted octanol–water partition coefficient (Wildman–Crippen LogP) is 2.82. The molecule has 0 unspecified atom stereocenters. The van der Waals surface area contributed by atoms with Crippen molar-refractivity contribution in [3.63, 3.8) is 0 Å². The van der Waals surface area contributed by atoms with Gasteiger partial charge in [-0.25, -0.2) is 8.42 Å². The summed E-state index contributed by atoms with van der Waals surface area (Å²) in [6.07, 6.45) is 2.12. The number of furan rings is 1. The van der Waals surface area contributed by atoms with E-state index in [0.717, 1.165) is 14.8 Å². The van der Waals surface area contributed by atoms with Gasteiger partial charge in [0.1, 0.15) is 5.76 Å². The van der Waals surface area contributed by atoms with Gasteiger partial charge in [-0.3, -0.25) is 9.69 Å². The Bertz CT molecular complexity index is 881. The van der Waals surface area contributed by atoms with Crippen LogP contribution in [0.1, 0.15) is 17.7 Å². The van der Waals surface area contributed by atoms with E-state index in [1.165, 1.54) is 0 Å². The Labute approximate surface area is 167 Å². The molecule has 1 fully saturated rings. The first kappa shape index (κ1) is 19.4. The molecule has 0 bridgehead atoms. The fourth-order valence-electron chi connectivity index (χ4n) is 3.12. The molecule has 1 N–H and O–H groups in total. The molecule has 2 aromatic rings. The molecule has 0 aliphatic carbocycles. The highest BCUT2D eigenvalue weighted by Crippen LogP contribution is 2.21. The molecular formula is C18H21IN2O4S. The van der Waals surface area contributed by atoms with Gasteiger partial charge in [0.15, 0.2) is 9.84 Å². The Kier molecular flexibility index (Phi) is 6.03. The lowest BCUT2D eigenvalue weighted by Crippen LogP contribution is -2.41. The monoisotopic (exact) mass is 488 g/mol. The second kappa shape index (κ2) is 8.10. The highest BCUT2D eigenvalue weighted by Gasteiger charge is 2.33. The van der Waals surface area contributed by atoms with Crippen molar-refractivity contribution < 1.29 is 17.6 Å². The standard InChI is InChI=1S/C18H21IN2O4S/c1-13-9-14(19)4-5-17(13)20-18(22)11-21(10-16-3-2-7-25-16)15-6-8-26(23,24)12-15/h2-5,7,9,15H,6,8,10-12H2,1H3,(H,20,22)/t15-/m0/s1. The molecule has 6 nitrogen and oxygen atoms in total. The average molecular weight is 488 g/mol. The van der Waals surface area contributed by atoms with Crippen LogP contribution in [-0.4, -0.2) is 43.3 Å². The van der Waals surface area contributed by atoms with Crippen molar-refractivity contribution in [3.05, 3.63) is 51.5 Å². The summed E-state index contributed by atoms with van der Waals surface area (Å²) in [6, 6.07) is 9.26. The molecule has 1 aromatic heterocycles. The van der Waals surface area contributed by atoms with Gasteiger partial charge in [-0.1, -0.05) is 0 Å². The van der Waals surface area contributed by atoms with Crippen LogP contribution < -0.4 is 5.32 Å². The Morgan fingerprint density at radius 3 is 2.81 bits per heavy atom. The first-order valence-corrected chi connectivity index (χ1v) is 11.3. The summed E-state index contributed by atoms with van der Waals surface area (Å²) >= 11 is 2.23. The van der Waals surface area contributed by atoms with E-state index in [-0.39, 0.29) is 30.0 Å². The first-order chi connectivity index (χ1) is 12.3. The molecule has 0 spiro atoms. The molecule has 0 saturated carbocycles. The molecule has 3 rings (SSSR count). The smallest absolute Gasteiger partial charge is 0.238 e. The van der Waals surface area contributed by atoms with Crippen LogP contribution in [0.2, 0.25) is 0 Å². The van der Waals surface area contributed by atoms with Crippen molar-refractivity contribution >= 4 is 44.0 Å². The van der Waals surface area contributed by atoms with E-state index < -0.39 is 9.84 Å². The van der Waals surface area contributed by atoms with E-state index in [1.807, 2.05) is 36.1 Å². The van der Waals surface area contributed by atoms with Crippen molar-refractivity contribution in [2.24, 2.45) is 0 Å². The number of rotatable bonds is 6. The molecule has 0 radical (unpaired) electrons. The van der Waals surface area contributed by atoms with Crippen molar-refractivity contribution in [1.82, 2.24) is 4.90 Å².